The lowest BCUT2D eigenvalue weighted by atomic mass is 10.1. The fourth-order valence-corrected chi connectivity index (χ4v) is 3.19. The number of nitrogens with one attached hydrogen (secondary N) is 2. The second-order valence-electron chi connectivity index (χ2n) is 6.65. The van der Waals surface area contributed by atoms with E-state index in [9.17, 15) is 9.59 Å². The molecule has 0 radical (unpaired) electrons. The smallest absolute Gasteiger partial charge is 0.325 e. The molecule has 3 heterocycles. The van der Waals surface area contributed by atoms with Gasteiger partial charge in [0.05, 0.1) is 17.3 Å². The van der Waals surface area contributed by atoms with Crippen LogP contribution in [0.15, 0.2) is 70.6 Å². The van der Waals surface area contributed by atoms with Crippen molar-refractivity contribution in [3.05, 3.63) is 93.2 Å². The number of benzene rings is 1. The van der Waals surface area contributed by atoms with Crippen LogP contribution >= 0.6 is 0 Å². The zero-order chi connectivity index (χ0) is 19.7. The van der Waals surface area contributed by atoms with E-state index in [1.54, 1.807) is 0 Å². The highest BCUT2D eigenvalue weighted by atomic mass is 16.2. The zero-order valence-electron chi connectivity index (χ0n) is 15.5. The summed E-state index contributed by atoms with van der Waals surface area (Å²) in [7, 11) is 0. The molecule has 3 aromatic heterocycles. The largest absolute Gasteiger partial charge is 0.347 e. The maximum atomic E-state index is 12.1. The molecule has 4 aromatic rings. The van der Waals surface area contributed by atoms with E-state index in [-0.39, 0.29) is 11.6 Å². The summed E-state index contributed by atoms with van der Waals surface area (Å²) >= 11 is 0. The van der Waals surface area contributed by atoms with Crippen molar-refractivity contribution in [1.82, 2.24) is 24.7 Å². The Bertz CT molecular complexity index is 1240. The van der Waals surface area contributed by atoms with Gasteiger partial charge in [0.1, 0.15) is 5.69 Å². The minimum atomic E-state index is -0.555. The molecule has 1 aromatic carbocycles. The van der Waals surface area contributed by atoms with Gasteiger partial charge in [-0.05, 0) is 31.5 Å². The number of aromatic amines is 2. The number of H-pyrrole nitrogens is 2. The van der Waals surface area contributed by atoms with E-state index in [1.807, 2.05) is 43.5 Å². The molecular formula is C21H19N5O2. The van der Waals surface area contributed by atoms with E-state index in [2.05, 4.69) is 50.0 Å². The van der Waals surface area contributed by atoms with E-state index < -0.39 is 11.2 Å². The Morgan fingerprint density at radius 3 is 2.57 bits per heavy atom. The summed E-state index contributed by atoms with van der Waals surface area (Å²) in [6, 6.07) is 14.3. The van der Waals surface area contributed by atoms with Crippen molar-refractivity contribution in [2.45, 2.75) is 19.9 Å². The van der Waals surface area contributed by atoms with Crippen LogP contribution in [0.2, 0.25) is 0 Å². The molecule has 0 spiro atoms. The standard InChI is InChI=1S/C21H19N5O2/c1-13-17(10-19(25-24-13)18-11-22-21(28)23-20(18)27)16-8-9-26(12-16)14(2)15-6-4-3-5-7-15/h3-12,14H,1-2H3,(H2,22,23,27,28). The number of hydrogen-bond donors (Lipinski definition) is 2. The summed E-state index contributed by atoms with van der Waals surface area (Å²) in [5.74, 6) is 0. The molecule has 0 amide bonds. The maximum Gasteiger partial charge on any atom is 0.325 e. The first-order chi connectivity index (χ1) is 13.5. The normalized spacial score (nSPS) is 12.1. The third-order valence-corrected chi connectivity index (χ3v) is 4.83. The number of aromatic nitrogens is 5. The minimum absolute atomic E-state index is 0.187. The van der Waals surface area contributed by atoms with E-state index in [4.69, 9.17) is 0 Å². The first-order valence-corrected chi connectivity index (χ1v) is 8.92. The maximum absolute atomic E-state index is 12.1. The lowest BCUT2D eigenvalue weighted by Crippen LogP contribution is -2.22. The summed E-state index contributed by atoms with van der Waals surface area (Å²) < 4.78 is 2.14. The van der Waals surface area contributed by atoms with Crippen LogP contribution in [0.25, 0.3) is 22.4 Å². The van der Waals surface area contributed by atoms with Crippen molar-refractivity contribution in [3.8, 4) is 22.4 Å². The third kappa shape index (κ3) is 3.29. The van der Waals surface area contributed by atoms with Crippen LogP contribution in [-0.2, 0) is 0 Å². The molecule has 7 heteroatoms. The predicted octanol–water partition coefficient (Wildman–Crippen LogP) is 2.91. The van der Waals surface area contributed by atoms with Gasteiger partial charge in [-0.3, -0.25) is 9.78 Å². The number of rotatable bonds is 4. The average Bonchev–Trinajstić information content (AvgIpc) is 3.19. The van der Waals surface area contributed by atoms with Crippen LogP contribution in [0.3, 0.4) is 0 Å². The molecule has 1 unspecified atom stereocenters. The van der Waals surface area contributed by atoms with Crippen LogP contribution in [0.1, 0.15) is 24.2 Å². The SMILES string of the molecule is Cc1nnc(-c2c[nH]c(=O)[nH]c2=O)cc1-c1ccn(C(C)c2ccccc2)c1. The van der Waals surface area contributed by atoms with E-state index in [1.165, 1.54) is 11.8 Å². The summed E-state index contributed by atoms with van der Waals surface area (Å²) in [5, 5.41) is 8.32. The monoisotopic (exact) mass is 373 g/mol. The second-order valence-corrected chi connectivity index (χ2v) is 6.65. The highest BCUT2D eigenvalue weighted by Crippen LogP contribution is 2.27. The number of hydrogen-bond acceptors (Lipinski definition) is 4. The van der Waals surface area contributed by atoms with Crippen LogP contribution in [0, 0.1) is 6.92 Å². The fraction of sp³-hybridized carbons (Fsp3) is 0.143. The van der Waals surface area contributed by atoms with Crippen LogP contribution in [0.5, 0.6) is 0 Å². The molecule has 1 atom stereocenters. The molecule has 0 saturated heterocycles. The van der Waals surface area contributed by atoms with Crippen LogP contribution < -0.4 is 11.2 Å². The first kappa shape index (κ1) is 17.7. The van der Waals surface area contributed by atoms with Gasteiger partial charge in [-0.2, -0.15) is 5.10 Å². The Hall–Kier alpha value is -3.74. The third-order valence-electron chi connectivity index (χ3n) is 4.83. The molecule has 0 bridgehead atoms. The number of aryl methyl sites for hydroxylation is 1. The van der Waals surface area contributed by atoms with Crippen LogP contribution in [0.4, 0.5) is 0 Å². The Morgan fingerprint density at radius 1 is 1.04 bits per heavy atom. The molecule has 140 valence electrons. The van der Waals surface area contributed by atoms with Gasteiger partial charge < -0.3 is 9.55 Å². The van der Waals surface area contributed by atoms with E-state index in [0.29, 0.717) is 5.69 Å². The van der Waals surface area contributed by atoms with Gasteiger partial charge in [0.15, 0.2) is 0 Å². The van der Waals surface area contributed by atoms with Gasteiger partial charge in [-0.25, -0.2) is 4.79 Å². The Labute approximate surface area is 160 Å². The van der Waals surface area contributed by atoms with Gasteiger partial charge in [-0.15, -0.1) is 5.10 Å². The van der Waals surface area contributed by atoms with Crippen molar-refractivity contribution in [1.29, 1.82) is 0 Å². The van der Waals surface area contributed by atoms with Gasteiger partial charge in [0.25, 0.3) is 5.56 Å². The van der Waals surface area contributed by atoms with Crippen LogP contribution in [-0.4, -0.2) is 24.7 Å². The fourth-order valence-electron chi connectivity index (χ4n) is 3.19. The number of nitrogens with zero attached hydrogens (tertiary/aromatic N) is 3. The molecule has 4 rings (SSSR count). The highest BCUT2D eigenvalue weighted by molar-refractivity contribution is 5.70. The molecule has 7 nitrogen and oxygen atoms in total. The van der Waals surface area contributed by atoms with Gasteiger partial charge in [0, 0.05) is 29.7 Å². The van der Waals surface area contributed by atoms with Crippen molar-refractivity contribution >= 4 is 0 Å². The predicted molar refractivity (Wildman–Crippen MR) is 107 cm³/mol. The summed E-state index contributed by atoms with van der Waals surface area (Å²) in [6.45, 7) is 4.02. The second kappa shape index (κ2) is 7.11. The molecule has 0 fully saturated rings. The summed E-state index contributed by atoms with van der Waals surface area (Å²) in [5.41, 5.74) is 3.47. The minimum Gasteiger partial charge on any atom is -0.347 e. The lowest BCUT2D eigenvalue weighted by molar-refractivity contribution is 0.643. The van der Waals surface area contributed by atoms with E-state index in [0.717, 1.165) is 16.8 Å². The summed E-state index contributed by atoms with van der Waals surface area (Å²) in [4.78, 5) is 28.0. The molecule has 0 aliphatic carbocycles. The quantitative estimate of drug-likeness (QED) is 0.575. The van der Waals surface area contributed by atoms with Crippen molar-refractivity contribution in [3.63, 3.8) is 0 Å². The Kier molecular flexibility index (Phi) is 4.49. The van der Waals surface area contributed by atoms with Crippen molar-refractivity contribution in [2.75, 3.05) is 0 Å². The van der Waals surface area contributed by atoms with Gasteiger partial charge in [-0.1, -0.05) is 30.3 Å². The van der Waals surface area contributed by atoms with E-state index >= 15 is 0 Å². The molecule has 0 aliphatic heterocycles. The van der Waals surface area contributed by atoms with Gasteiger partial charge >= 0.3 is 5.69 Å². The Balaban J connectivity index is 1.73. The zero-order valence-corrected chi connectivity index (χ0v) is 15.5. The molecule has 2 N–H and O–H groups in total. The molecule has 28 heavy (non-hydrogen) atoms. The lowest BCUT2D eigenvalue weighted by Gasteiger charge is -2.14. The topological polar surface area (TPSA) is 96.4 Å². The van der Waals surface area contributed by atoms with Gasteiger partial charge in [0.2, 0.25) is 0 Å². The molecule has 0 saturated carbocycles. The molecular weight excluding hydrogens is 354 g/mol. The first-order valence-electron chi connectivity index (χ1n) is 8.92. The summed E-state index contributed by atoms with van der Waals surface area (Å²) in [6.07, 6.45) is 5.44. The van der Waals surface area contributed by atoms with Crippen molar-refractivity contribution in [2.24, 2.45) is 0 Å². The van der Waals surface area contributed by atoms with Crippen molar-refractivity contribution < 1.29 is 0 Å². The Morgan fingerprint density at radius 2 is 1.82 bits per heavy atom. The highest BCUT2D eigenvalue weighted by Gasteiger charge is 2.13. The molecule has 0 aliphatic rings. The average molecular weight is 373 g/mol.